The number of nitrogens with one attached hydrogen (secondary N) is 2. The molecular weight excluding hydrogens is 356 g/mol. The van der Waals surface area contributed by atoms with E-state index in [-0.39, 0.29) is 12.1 Å². The Bertz CT molecular complexity index is 946. The maximum atomic E-state index is 12.6. The molecule has 148 valence electrons. The number of urea groups is 1. The Morgan fingerprint density at radius 1 is 1.25 bits per heavy atom. The molecule has 1 atom stereocenters. The number of hydrogen-bond donors (Lipinski definition) is 2. The minimum atomic E-state index is -0.325. The topological polar surface area (TPSA) is 86.0 Å². The lowest BCUT2D eigenvalue weighted by molar-refractivity contribution is 0.165. The summed E-state index contributed by atoms with van der Waals surface area (Å²) < 4.78 is 8.76. The molecule has 2 aromatic heterocycles. The van der Waals surface area contributed by atoms with Crippen molar-refractivity contribution in [2.24, 2.45) is 7.05 Å². The van der Waals surface area contributed by atoms with Crippen LogP contribution in [0.5, 0.6) is 0 Å². The maximum absolute atomic E-state index is 12.6. The van der Waals surface area contributed by atoms with Crippen LogP contribution in [0.2, 0.25) is 0 Å². The molecule has 2 amide bonds. The van der Waals surface area contributed by atoms with Crippen LogP contribution < -0.4 is 10.6 Å². The summed E-state index contributed by atoms with van der Waals surface area (Å²) in [5, 5.41) is 14.5. The molecule has 8 heteroatoms. The number of hydrogen-bond acceptors (Lipinski definition) is 4. The Labute approximate surface area is 164 Å². The summed E-state index contributed by atoms with van der Waals surface area (Å²) in [6.07, 6.45) is 1.69. The third-order valence-corrected chi connectivity index (χ3v) is 4.41. The van der Waals surface area contributed by atoms with E-state index in [1.165, 1.54) is 5.56 Å². The van der Waals surface area contributed by atoms with Crippen molar-refractivity contribution < 1.29 is 9.53 Å². The van der Waals surface area contributed by atoms with Crippen molar-refractivity contribution in [1.82, 2.24) is 24.9 Å². The van der Waals surface area contributed by atoms with Gasteiger partial charge in [0.05, 0.1) is 30.6 Å². The summed E-state index contributed by atoms with van der Waals surface area (Å²) in [4.78, 5) is 12.6. The number of carbonyl (C=O) groups is 1. The third kappa shape index (κ3) is 4.77. The molecule has 1 unspecified atom stereocenters. The van der Waals surface area contributed by atoms with E-state index in [1.54, 1.807) is 22.7 Å². The highest BCUT2D eigenvalue weighted by atomic mass is 16.5. The first-order valence-corrected chi connectivity index (χ1v) is 9.10. The first-order chi connectivity index (χ1) is 13.5. The second kappa shape index (κ2) is 8.71. The summed E-state index contributed by atoms with van der Waals surface area (Å²) in [5.74, 6) is 0.637. The van der Waals surface area contributed by atoms with Gasteiger partial charge in [-0.3, -0.25) is 10.00 Å². The van der Waals surface area contributed by atoms with Crippen LogP contribution in [-0.4, -0.2) is 39.3 Å². The van der Waals surface area contributed by atoms with Crippen molar-refractivity contribution in [3.63, 3.8) is 0 Å². The van der Waals surface area contributed by atoms with Crippen LogP contribution >= 0.6 is 0 Å². The Morgan fingerprint density at radius 3 is 2.75 bits per heavy atom. The smallest absolute Gasteiger partial charge is 0.321 e. The molecule has 0 aliphatic carbocycles. The van der Waals surface area contributed by atoms with E-state index in [1.807, 2.05) is 38.2 Å². The lowest BCUT2D eigenvalue weighted by atomic mass is 10.1. The lowest BCUT2D eigenvalue weighted by Gasteiger charge is -2.19. The highest BCUT2D eigenvalue weighted by Crippen LogP contribution is 2.16. The third-order valence-electron chi connectivity index (χ3n) is 4.41. The molecule has 0 spiro atoms. The highest BCUT2D eigenvalue weighted by Gasteiger charge is 2.19. The minimum Gasteiger partial charge on any atom is -0.382 e. The quantitative estimate of drug-likeness (QED) is 0.658. The number of rotatable bonds is 7. The molecule has 0 aliphatic heterocycles. The van der Waals surface area contributed by atoms with E-state index in [2.05, 4.69) is 39.9 Å². The number of ether oxygens (including phenoxy) is 1. The normalized spacial score (nSPS) is 12.0. The Morgan fingerprint density at radius 2 is 2.07 bits per heavy atom. The highest BCUT2D eigenvalue weighted by molar-refractivity contribution is 5.88. The van der Waals surface area contributed by atoms with Gasteiger partial charge in [0.2, 0.25) is 0 Å². The number of anilines is 1. The van der Waals surface area contributed by atoms with Crippen molar-refractivity contribution in [2.75, 3.05) is 19.0 Å². The van der Waals surface area contributed by atoms with Crippen LogP contribution in [0.1, 0.15) is 28.6 Å². The molecule has 3 rings (SSSR count). The Hall–Kier alpha value is -3.13. The molecule has 28 heavy (non-hydrogen) atoms. The predicted molar refractivity (Wildman–Crippen MR) is 107 cm³/mol. The van der Waals surface area contributed by atoms with Gasteiger partial charge in [-0.25, -0.2) is 9.48 Å². The molecule has 0 saturated heterocycles. The number of carbonyl (C=O) groups excluding carboxylic acids is 1. The van der Waals surface area contributed by atoms with Crippen molar-refractivity contribution in [1.29, 1.82) is 0 Å². The Kier molecular flexibility index (Phi) is 6.10. The maximum Gasteiger partial charge on any atom is 0.321 e. The van der Waals surface area contributed by atoms with Gasteiger partial charge in [0, 0.05) is 26.4 Å². The van der Waals surface area contributed by atoms with Gasteiger partial charge in [-0.05, 0) is 25.5 Å². The molecular formula is C20H26N6O2. The molecule has 0 saturated carbocycles. The van der Waals surface area contributed by atoms with Crippen molar-refractivity contribution in [3.05, 3.63) is 65.1 Å². The van der Waals surface area contributed by atoms with Gasteiger partial charge in [0.15, 0.2) is 0 Å². The van der Waals surface area contributed by atoms with Gasteiger partial charge in [-0.2, -0.15) is 10.2 Å². The van der Waals surface area contributed by atoms with Crippen molar-refractivity contribution >= 4 is 11.8 Å². The summed E-state index contributed by atoms with van der Waals surface area (Å²) in [5.41, 5.74) is 4.01. The van der Waals surface area contributed by atoms with Crippen LogP contribution in [0.3, 0.4) is 0 Å². The first-order valence-electron chi connectivity index (χ1n) is 9.10. The molecule has 2 N–H and O–H groups in total. The van der Waals surface area contributed by atoms with Crippen LogP contribution in [0.4, 0.5) is 10.6 Å². The summed E-state index contributed by atoms with van der Waals surface area (Å²) in [7, 11) is 3.43. The van der Waals surface area contributed by atoms with E-state index in [0.29, 0.717) is 19.0 Å². The summed E-state index contributed by atoms with van der Waals surface area (Å²) in [6.45, 7) is 4.88. The average molecular weight is 382 g/mol. The van der Waals surface area contributed by atoms with Gasteiger partial charge < -0.3 is 10.1 Å². The molecule has 0 radical (unpaired) electrons. The number of aryl methyl sites for hydroxylation is 3. The predicted octanol–water partition coefficient (Wildman–Crippen LogP) is 2.79. The van der Waals surface area contributed by atoms with E-state index in [9.17, 15) is 4.79 Å². The largest absolute Gasteiger partial charge is 0.382 e. The van der Waals surface area contributed by atoms with E-state index in [0.717, 1.165) is 17.0 Å². The zero-order valence-electron chi connectivity index (χ0n) is 16.6. The molecule has 0 aliphatic rings. The second-order valence-electron chi connectivity index (χ2n) is 6.80. The summed E-state index contributed by atoms with van der Waals surface area (Å²) in [6, 6.07) is 11.3. The monoisotopic (exact) mass is 382 g/mol. The molecule has 8 nitrogen and oxygen atoms in total. The van der Waals surface area contributed by atoms with E-state index >= 15 is 0 Å². The minimum absolute atomic E-state index is 0.313. The average Bonchev–Trinajstić information content (AvgIpc) is 3.20. The van der Waals surface area contributed by atoms with Crippen LogP contribution in [-0.2, 0) is 18.3 Å². The lowest BCUT2D eigenvalue weighted by Crippen LogP contribution is -2.36. The Balaban J connectivity index is 1.72. The summed E-state index contributed by atoms with van der Waals surface area (Å²) >= 11 is 0. The fraction of sp³-hybridized carbons (Fsp3) is 0.350. The van der Waals surface area contributed by atoms with Gasteiger partial charge in [-0.15, -0.1) is 0 Å². The number of aromatic nitrogens is 4. The molecule has 0 fully saturated rings. The number of benzene rings is 1. The number of methoxy groups -OCH3 is 1. The fourth-order valence-corrected chi connectivity index (χ4v) is 3.15. The second-order valence-corrected chi connectivity index (χ2v) is 6.80. The van der Waals surface area contributed by atoms with E-state index < -0.39 is 0 Å². The first kappa shape index (κ1) is 19.6. The van der Waals surface area contributed by atoms with E-state index in [4.69, 9.17) is 4.74 Å². The SMILES string of the molecule is COCC(NC(=O)Nc1cc(C)nn1Cc1cccc(C)c1)c1ccnn1C. The standard InChI is InChI=1S/C20H26N6O2/c1-14-6-5-7-16(10-14)12-26-19(11-15(2)24-26)23-20(27)22-17(13-28-4)18-8-9-21-25(18)3/h5-11,17H,12-13H2,1-4H3,(H2,22,23,27). The van der Waals surface area contributed by atoms with Gasteiger partial charge >= 0.3 is 6.03 Å². The zero-order chi connectivity index (χ0) is 20.1. The van der Waals surface area contributed by atoms with Gasteiger partial charge in [0.25, 0.3) is 0 Å². The number of amides is 2. The number of nitrogens with zero attached hydrogens (tertiary/aromatic N) is 4. The molecule has 1 aromatic carbocycles. The molecule has 0 bridgehead atoms. The van der Waals surface area contributed by atoms with Crippen LogP contribution in [0.15, 0.2) is 42.6 Å². The van der Waals surface area contributed by atoms with Crippen LogP contribution in [0, 0.1) is 13.8 Å². The molecule has 2 heterocycles. The van der Waals surface area contributed by atoms with Gasteiger partial charge in [0.1, 0.15) is 5.82 Å². The zero-order valence-corrected chi connectivity index (χ0v) is 16.6. The fourth-order valence-electron chi connectivity index (χ4n) is 3.15. The van der Waals surface area contributed by atoms with Crippen LogP contribution in [0.25, 0.3) is 0 Å². The van der Waals surface area contributed by atoms with Gasteiger partial charge in [-0.1, -0.05) is 29.8 Å². The van der Waals surface area contributed by atoms with Crippen molar-refractivity contribution in [2.45, 2.75) is 26.4 Å². The van der Waals surface area contributed by atoms with Crippen molar-refractivity contribution in [3.8, 4) is 0 Å². The molecule has 3 aromatic rings.